The lowest BCUT2D eigenvalue weighted by atomic mass is 9.65. The molecular formula is C26F20. The summed E-state index contributed by atoms with van der Waals surface area (Å²) in [5, 5.41) is 0. The molecule has 0 radical (unpaired) electrons. The van der Waals surface area contributed by atoms with E-state index in [1.807, 2.05) is 0 Å². The van der Waals surface area contributed by atoms with Crippen LogP contribution in [0, 0.1) is 81.4 Å². The van der Waals surface area contributed by atoms with Gasteiger partial charge in [0.15, 0.2) is 87.1 Å². The van der Waals surface area contributed by atoms with Crippen molar-refractivity contribution >= 4 is 5.57 Å². The predicted octanol–water partition coefficient (Wildman–Crippen LogP) is 9.69. The maximum Gasteiger partial charge on any atom is 0.352 e. The zero-order valence-corrected chi connectivity index (χ0v) is 20.6. The van der Waals surface area contributed by atoms with Crippen molar-refractivity contribution in [2.24, 2.45) is 0 Å². The van der Waals surface area contributed by atoms with Crippen LogP contribution in [0.5, 0.6) is 0 Å². The molecule has 3 aromatic rings. The number of rotatable bonds is 2. The van der Waals surface area contributed by atoms with Gasteiger partial charge in [-0.25, -0.2) is 79.0 Å². The minimum Gasteiger partial charge on any atom is -0.228 e. The molecule has 0 saturated heterocycles. The number of fused-ring (bicyclic) bond motifs is 2. The first-order valence-electron chi connectivity index (χ1n) is 11.3. The van der Waals surface area contributed by atoms with Crippen LogP contribution in [-0.2, 0) is 5.67 Å². The van der Waals surface area contributed by atoms with Crippen LogP contribution in [0.25, 0.3) is 5.57 Å². The lowest BCUT2D eigenvalue weighted by Gasteiger charge is -2.40. The zero-order chi connectivity index (χ0) is 34.9. The molecule has 0 amide bonds. The Hall–Kier alpha value is -4.52. The summed E-state index contributed by atoms with van der Waals surface area (Å²) >= 11 is 0. The van der Waals surface area contributed by atoms with Gasteiger partial charge in [-0.2, -0.15) is 8.78 Å². The van der Waals surface area contributed by atoms with Crippen LogP contribution >= 0.6 is 0 Å². The number of allylic oxidation sites excluding steroid dienone is 5. The third kappa shape index (κ3) is 3.71. The Morgan fingerprint density at radius 1 is 0.304 bits per heavy atom. The molecule has 2 aliphatic rings. The maximum atomic E-state index is 17.2. The number of hydrogen-bond donors (Lipinski definition) is 0. The molecule has 3 aromatic carbocycles. The van der Waals surface area contributed by atoms with Crippen molar-refractivity contribution in [3.05, 3.63) is 132 Å². The van der Waals surface area contributed by atoms with Crippen LogP contribution < -0.4 is 0 Å². The molecule has 0 aromatic heterocycles. The number of alkyl halides is 3. The summed E-state index contributed by atoms with van der Waals surface area (Å²) in [6.45, 7) is 0. The molecule has 0 N–H and O–H groups in total. The van der Waals surface area contributed by atoms with Gasteiger partial charge in [-0.1, -0.05) is 0 Å². The van der Waals surface area contributed by atoms with Gasteiger partial charge in [0.1, 0.15) is 0 Å². The van der Waals surface area contributed by atoms with Crippen LogP contribution in [-0.4, -0.2) is 5.92 Å². The van der Waals surface area contributed by atoms with Gasteiger partial charge in [-0.15, -0.1) is 0 Å². The van der Waals surface area contributed by atoms with Crippen molar-refractivity contribution in [2.45, 2.75) is 11.6 Å². The van der Waals surface area contributed by atoms with Crippen LogP contribution in [0.2, 0.25) is 0 Å². The lowest BCUT2D eigenvalue weighted by molar-refractivity contribution is 0.0229. The van der Waals surface area contributed by atoms with Gasteiger partial charge in [-0.3, -0.25) is 0 Å². The van der Waals surface area contributed by atoms with E-state index in [-0.39, 0.29) is 0 Å². The molecule has 0 bridgehead atoms. The summed E-state index contributed by atoms with van der Waals surface area (Å²) < 4.78 is 295. The molecule has 1 atom stereocenters. The lowest BCUT2D eigenvalue weighted by Crippen LogP contribution is -2.41. The SMILES string of the molecule is FC1=C(F)C(F)(F)C(F)=C2C1=C(c1c(F)c(F)c(F)c(F)c1F)c1c(F)c(F)c(F)c(F)c1C2(F)c1c(F)c(F)c(F)c(F)c1F. The van der Waals surface area contributed by atoms with Crippen LogP contribution in [0.3, 0.4) is 0 Å². The minimum absolute atomic E-state index is 2.89. The van der Waals surface area contributed by atoms with Gasteiger partial charge in [0.25, 0.3) is 0 Å². The Kier molecular flexibility index (Phi) is 7.14. The Labute approximate surface area is 238 Å². The van der Waals surface area contributed by atoms with E-state index in [0.717, 1.165) is 0 Å². The van der Waals surface area contributed by atoms with Gasteiger partial charge in [0.2, 0.25) is 17.5 Å². The van der Waals surface area contributed by atoms with Crippen molar-refractivity contribution in [3.8, 4) is 0 Å². The molecule has 244 valence electrons. The van der Waals surface area contributed by atoms with Gasteiger partial charge in [0, 0.05) is 27.8 Å². The first kappa shape index (κ1) is 32.9. The van der Waals surface area contributed by atoms with E-state index in [1.165, 1.54) is 0 Å². The van der Waals surface area contributed by atoms with Gasteiger partial charge in [0.05, 0.1) is 11.1 Å². The third-order valence-electron chi connectivity index (χ3n) is 6.90. The Balaban J connectivity index is 2.25. The van der Waals surface area contributed by atoms with Crippen LogP contribution in [0.4, 0.5) is 87.8 Å². The second-order valence-corrected chi connectivity index (χ2v) is 9.20. The van der Waals surface area contributed by atoms with E-state index in [1.54, 1.807) is 0 Å². The van der Waals surface area contributed by atoms with Crippen molar-refractivity contribution in [2.75, 3.05) is 0 Å². The fraction of sp³-hybridized carbons (Fsp3) is 0.0769. The van der Waals surface area contributed by atoms with E-state index in [0.29, 0.717) is 0 Å². The van der Waals surface area contributed by atoms with Crippen molar-refractivity contribution in [1.29, 1.82) is 0 Å². The molecule has 0 heterocycles. The van der Waals surface area contributed by atoms with Crippen molar-refractivity contribution < 1.29 is 87.8 Å². The average Bonchev–Trinajstić information content (AvgIpc) is 3.00. The Bertz CT molecular complexity index is 1990. The zero-order valence-electron chi connectivity index (χ0n) is 20.6. The second-order valence-electron chi connectivity index (χ2n) is 9.20. The molecule has 2 aliphatic carbocycles. The van der Waals surface area contributed by atoms with E-state index >= 15 is 22.0 Å². The first-order valence-corrected chi connectivity index (χ1v) is 11.3. The molecule has 0 aliphatic heterocycles. The molecule has 20 heteroatoms. The molecule has 5 rings (SSSR count). The van der Waals surface area contributed by atoms with E-state index in [4.69, 9.17) is 0 Å². The van der Waals surface area contributed by atoms with Crippen molar-refractivity contribution in [3.63, 3.8) is 0 Å². The topological polar surface area (TPSA) is 0 Å². The number of benzene rings is 3. The number of halogens is 20. The van der Waals surface area contributed by atoms with Crippen molar-refractivity contribution in [1.82, 2.24) is 0 Å². The molecule has 1 unspecified atom stereocenters. The van der Waals surface area contributed by atoms with E-state index in [2.05, 4.69) is 0 Å². The Morgan fingerprint density at radius 3 is 1.04 bits per heavy atom. The first-order chi connectivity index (χ1) is 21.1. The van der Waals surface area contributed by atoms with Crippen LogP contribution in [0.1, 0.15) is 22.3 Å². The normalized spacial score (nSPS) is 19.3. The fourth-order valence-electron chi connectivity index (χ4n) is 4.95. The monoisotopic (exact) mass is 692 g/mol. The molecule has 46 heavy (non-hydrogen) atoms. The average molecular weight is 692 g/mol. The number of hydrogen-bond acceptors (Lipinski definition) is 0. The third-order valence-corrected chi connectivity index (χ3v) is 6.90. The summed E-state index contributed by atoms with van der Waals surface area (Å²) in [6.07, 6.45) is 0. The summed E-state index contributed by atoms with van der Waals surface area (Å²) in [6, 6.07) is 0. The minimum atomic E-state index is -6.28. The smallest absolute Gasteiger partial charge is 0.228 e. The van der Waals surface area contributed by atoms with Gasteiger partial charge >= 0.3 is 5.92 Å². The standard InChI is InChI=1S/C26F20/c27-8-2-1(4-9(28)16(35)21(40)17(36)10(4)29)3-6(23(42)26(45,46)24(43)11(3)30)25(44,5(2)12(31)18(37)15(8)34)7-13(32)19(38)22(41)20(39)14(7)33. The van der Waals surface area contributed by atoms with Gasteiger partial charge in [-0.05, 0) is 0 Å². The summed E-state index contributed by atoms with van der Waals surface area (Å²) in [4.78, 5) is 0. The predicted molar refractivity (Wildman–Crippen MR) is 109 cm³/mol. The largest absolute Gasteiger partial charge is 0.352 e. The highest BCUT2D eigenvalue weighted by Gasteiger charge is 2.63. The fourth-order valence-corrected chi connectivity index (χ4v) is 4.95. The second kappa shape index (κ2) is 9.99. The van der Waals surface area contributed by atoms with Crippen LogP contribution in [0.15, 0.2) is 28.6 Å². The molecule has 0 spiro atoms. The van der Waals surface area contributed by atoms with E-state index in [9.17, 15) is 65.9 Å². The molecule has 0 nitrogen and oxygen atoms in total. The molecule has 0 saturated carbocycles. The Morgan fingerprint density at radius 2 is 0.630 bits per heavy atom. The van der Waals surface area contributed by atoms with Gasteiger partial charge < -0.3 is 0 Å². The van der Waals surface area contributed by atoms with E-state index < -0.39 is 149 Å². The summed E-state index contributed by atoms with van der Waals surface area (Å²) in [7, 11) is 0. The quantitative estimate of drug-likeness (QED) is 0.143. The summed E-state index contributed by atoms with van der Waals surface area (Å²) in [5.41, 5.74) is -28.1. The highest BCUT2D eigenvalue weighted by atomic mass is 19.3. The summed E-state index contributed by atoms with van der Waals surface area (Å²) in [5.74, 6) is -64.5. The molecular weight excluding hydrogens is 692 g/mol. The maximum absolute atomic E-state index is 17.2. The highest BCUT2D eigenvalue weighted by molar-refractivity contribution is 5.94. The highest BCUT2D eigenvalue weighted by Crippen LogP contribution is 2.63. The molecule has 0 fully saturated rings.